The first-order chi connectivity index (χ1) is 10.8. The second-order valence-corrected chi connectivity index (χ2v) is 6.89. The quantitative estimate of drug-likeness (QED) is 0.685. The van der Waals surface area contributed by atoms with Crippen molar-refractivity contribution >= 4 is 18.0 Å². The van der Waals surface area contributed by atoms with Gasteiger partial charge in [-0.1, -0.05) is 12.8 Å². The van der Waals surface area contributed by atoms with Gasteiger partial charge in [-0.15, -0.1) is 0 Å². The predicted octanol–water partition coefficient (Wildman–Crippen LogP) is 2.87. The van der Waals surface area contributed by atoms with Crippen molar-refractivity contribution < 1.29 is 14.3 Å². The van der Waals surface area contributed by atoms with Crippen LogP contribution in [0.25, 0.3) is 6.08 Å². The standard InChI is InChI=1S/C18H24N2O3/c1-17(2,3)23-16(22)18(10-4-5-11-18)20-15(21)7-6-14-8-12-19-13-9-14/h6-9,12-13H,4-5,10-11H2,1-3H3,(H,20,21). The fraction of sp³-hybridized carbons (Fsp3) is 0.500. The summed E-state index contributed by atoms with van der Waals surface area (Å²) in [7, 11) is 0. The van der Waals surface area contributed by atoms with E-state index < -0.39 is 11.1 Å². The highest BCUT2D eigenvalue weighted by Crippen LogP contribution is 2.32. The van der Waals surface area contributed by atoms with Crippen LogP contribution in [0.5, 0.6) is 0 Å². The summed E-state index contributed by atoms with van der Waals surface area (Å²) in [5, 5.41) is 2.87. The molecular formula is C18H24N2O3. The number of pyridine rings is 1. The van der Waals surface area contributed by atoms with E-state index in [-0.39, 0.29) is 11.9 Å². The molecule has 0 atom stereocenters. The molecular weight excluding hydrogens is 292 g/mol. The van der Waals surface area contributed by atoms with Crippen LogP contribution < -0.4 is 5.32 Å². The lowest BCUT2D eigenvalue weighted by molar-refractivity contribution is -0.164. The molecule has 124 valence electrons. The molecule has 1 aliphatic rings. The molecule has 1 saturated carbocycles. The highest BCUT2D eigenvalue weighted by Gasteiger charge is 2.44. The van der Waals surface area contributed by atoms with Crippen LogP contribution in [-0.2, 0) is 14.3 Å². The molecule has 23 heavy (non-hydrogen) atoms. The number of carbonyl (C=O) groups is 2. The molecule has 1 fully saturated rings. The molecule has 1 aromatic rings. The van der Waals surface area contributed by atoms with E-state index in [2.05, 4.69) is 10.3 Å². The molecule has 0 unspecified atom stereocenters. The normalized spacial score (nSPS) is 17.2. The molecule has 5 heteroatoms. The zero-order chi connectivity index (χ0) is 16.9. The molecule has 1 aromatic heterocycles. The molecule has 1 heterocycles. The van der Waals surface area contributed by atoms with Gasteiger partial charge in [0, 0.05) is 18.5 Å². The van der Waals surface area contributed by atoms with E-state index in [0.717, 1.165) is 18.4 Å². The highest BCUT2D eigenvalue weighted by molar-refractivity contribution is 5.96. The SMILES string of the molecule is CC(C)(C)OC(=O)C1(NC(=O)C=Cc2ccncc2)CCCC1. The Morgan fingerprint density at radius 2 is 1.83 bits per heavy atom. The second-order valence-electron chi connectivity index (χ2n) is 6.89. The number of aromatic nitrogens is 1. The van der Waals surface area contributed by atoms with Crippen molar-refractivity contribution in [1.29, 1.82) is 0 Å². The Labute approximate surface area is 137 Å². The molecule has 1 aliphatic carbocycles. The molecule has 0 spiro atoms. The van der Waals surface area contributed by atoms with Crippen molar-refractivity contribution in [2.75, 3.05) is 0 Å². The van der Waals surface area contributed by atoms with Crippen LogP contribution in [0.4, 0.5) is 0 Å². The molecule has 5 nitrogen and oxygen atoms in total. The van der Waals surface area contributed by atoms with Crippen molar-refractivity contribution in [2.24, 2.45) is 0 Å². The average molecular weight is 316 g/mol. The van der Waals surface area contributed by atoms with Crippen molar-refractivity contribution in [3.63, 3.8) is 0 Å². The van der Waals surface area contributed by atoms with Crippen molar-refractivity contribution in [1.82, 2.24) is 10.3 Å². The van der Waals surface area contributed by atoms with Gasteiger partial charge < -0.3 is 10.1 Å². The number of esters is 1. The number of amides is 1. The molecule has 1 amide bonds. The molecule has 0 radical (unpaired) electrons. The van der Waals surface area contributed by atoms with Crippen molar-refractivity contribution in [2.45, 2.75) is 57.6 Å². The van der Waals surface area contributed by atoms with Crippen LogP contribution in [0, 0.1) is 0 Å². The number of nitrogens with one attached hydrogen (secondary N) is 1. The molecule has 0 bridgehead atoms. The Morgan fingerprint density at radius 1 is 1.22 bits per heavy atom. The first kappa shape index (κ1) is 17.2. The van der Waals surface area contributed by atoms with E-state index >= 15 is 0 Å². The maximum Gasteiger partial charge on any atom is 0.332 e. The number of ether oxygens (including phenoxy) is 1. The maximum absolute atomic E-state index is 12.5. The summed E-state index contributed by atoms with van der Waals surface area (Å²) < 4.78 is 5.50. The zero-order valence-corrected chi connectivity index (χ0v) is 14.0. The van der Waals surface area contributed by atoms with Crippen molar-refractivity contribution in [3.8, 4) is 0 Å². The minimum absolute atomic E-state index is 0.283. The Balaban J connectivity index is 2.05. The molecule has 2 rings (SSSR count). The molecule has 0 saturated heterocycles. The van der Waals surface area contributed by atoms with Gasteiger partial charge in [0.15, 0.2) is 0 Å². The van der Waals surface area contributed by atoms with E-state index in [4.69, 9.17) is 4.74 Å². The fourth-order valence-corrected chi connectivity index (χ4v) is 2.66. The van der Waals surface area contributed by atoms with Crippen LogP contribution >= 0.6 is 0 Å². The fourth-order valence-electron chi connectivity index (χ4n) is 2.66. The molecule has 0 aliphatic heterocycles. The van der Waals surface area contributed by atoms with Crippen LogP contribution in [-0.4, -0.2) is 28.0 Å². The Hall–Kier alpha value is -2.17. The van der Waals surface area contributed by atoms with E-state index in [1.807, 2.05) is 32.9 Å². The third-order valence-corrected chi connectivity index (χ3v) is 3.74. The van der Waals surface area contributed by atoms with Crippen LogP contribution in [0.3, 0.4) is 0 Å². The second kappa shape index (κ2) is 6.94. The zero-order valence-electron chi connectivity index (χ0n) is 14.0. The van der Waals surface area contributed by atoms with Gasteiger partial charge in [-0.25, -0.2) is 4.79 Å². The number of nitrogens with zero attached hydrogens (tertiary/aromatic N) is 1. The summed E-state index contributed by atoms with van der Waals surface area (Å²) in [6.45, 7) is 5.50. The summed E-state index contributed by atoms with van der Waals surface area (Å²) >= 11 is 0. The van der Waals surface area contributed by atoms with E-state index in [0.29, 0.717) is 12.8 Å². The average Bonchev–Trinajstić information content (AvgIpc) is 2.94. The van der Waals surface area contributed by atoms with Gasteiger partial charge >= 0.3 is 5.97 Å². The summed E-state index contributed by atoms with van der Waals surface area (Å²) in [6, 6.07) is 3.62. The van der Waals surface area contributed by atoms with E-state index in [1.165, 1.54) is 6.08 Å². The van der Waals surface area contributed by atoms with Gasteiger partial charge in [-0.05, 0) is 57.4 Å². The number of rotatable bonds is 4. The third-order valence-electron chi connectivity index (χ3n) is 3.74. The van der Waals surface area contributed by atoms with Gasteiger partial charge in [0.25, 0.3) is 0 Å². The lowest BCUT2D eigenvalue weighted by Gasteiger charge is -2.31. The Morgan fingerprint density at radius 3 is 2.39 bits per heavy atom. The smallest absolute Gasteiger partial charge is 0.332 e. The monoisotopic (exact) mass is 316 g/mol. The van der Waals surface area contributed by atoms with Crippen LogP contribution in [0.2, 0.25) is 0 Å². The van der Waals surface area contributed by atoms with Gasteiger partial charge in [-0.3, -0.25) is 9.78 Å². The van der Waals surface area contributed by atoms with Gasteiger partial charge in [-0.2, -0.15) is 0 Å². The third kappa shape index (κ3) is 4.91. The Kier molecular flexibility index (Phi) is 5.19. The van der Waals surface area contributed by atoms with Gasteiger partial charge in [0.05, 0.1) is 0 Å². The first-order valence-corrected chi connectivity index (χ1v) is 7.94. The van der Waals surface area contributed by atoms with E-state index in [1.54, 1.807) is 18.5 Å². The maximum atomic E-state index is 12.5. The molecule has 0 aromatic carbocycles. The van der Waals surface area contributed by atoms with Crippen LogP contribution in [0.1, 0.15) is 52.0 Å². The highest BCUT2D eigenvalue weighted by atomic mass is 16.6. The number of hydrogen-bond acceptors (Lipinski definition) is 4. The largest absolute Gasteiger partial charge is 0.458 e. The number of hydrogen-bond donors (Lipinski definition) is 1. The summed E-state index contributed by atoms with van der Waals surface area (Å²) in [5.74, 6) is -0.622. The lowest BCUT2D eigenvalue weighted by Crippen LogP contribution is -2.54. The van der Waals surface area contributed by atoms with E-state index in [9.17, 15) is 9.59 Å². The first-order valence-electron chi connectivity index (χ1n) is 7.94. The van der Waals surface area contributed by atoms with Crippen LogP contribution in [0.15, 0.2) is 30.6 Å². The summed E-state index contributed by atoms with van der Waals surface area (Å²) in [4.78, 5) is 28.7. The van der Waals surface area contributed by atoms with Gasteiger partial charge in [0.1, 0.15) is 11.1 Å². The predicted molar refractivity (Wildman–Crippen MR) is 88.5 cm³/mol. The Bertz CT molecular complexity index is 582. The lowest BCUT2D eigenvalue weighted by atomic mass is 9.97. The summed E-state index contributed by atoms with van der Waals surface area (Å²) in [5.41, 5.74) is -0.579. The number of carbonyl (C=O) groups excluding carboxylic acids is 2. The topological polar surface area (TPSA) is 68.3 Å². The van der Waals surface area contributed by atoms with Gasteiger partial charge in [0.2, 0.25) is 5.91 Å². The minimum Gasteiger partial charge on any atom is -0.458 e. The van der Waals surface area contributed by atoms with Crippen molar-refractivity contribution in [3.05, 3.63) is 36.2 Å². The summed E-state index contributed by atoms with van der Waals surface area (Å²) in [6.07, 6.45) is 9.54. The molecule has 1 N–H and O–H groups in total. The minimum atomic E-state index is -0.896.